The number of esters is 2. The molecule has 0 unspecified atom stereocenters. The fourth-order valence-corrected chi connectivity index (χ4v) is 2.88. The highest BCUT2D eigenvalue weighted by Crippen LogP contribution is 2.07. The molecule has 0 amide bonds. The first-order valence-electron chi connectivity index (χ1n) is 10.1. The van der Waals surface area contributed by atoms with Crippen LogP contribution in [-0.4, -0.2) is 25.2 Å². The lowest BCUT2D eigenvalue weighted by atomic mass is 10.1. The number of hydrogen-bond acceptors (Lipinski definition) is 4. The van der Waals surface area contributed by atoms with Crippen molar-refractivity contribution >= 4 is 11.9 Å². The molecule has 0 fully saturated rings. The van der Waals surface area contributed by atoms with Crippen molar-refractivity contribution < 1.29 is 19.1 Å². The van der Waals surface area contributed by atoms with Gasteiger partial charge in [0.2, 0.25) is 0 Å². The van der Waals surface area contributed by atoms with Gasteiger partial charge in [-0.25, -0.2) is 0 Å². The van der Waals surface area contributed by atoms with Crippen LogP contribution in [0.2, 0.25) is 0 Å². The van der Waals surface area contributed by atoms with Gasteiger partial charge in [-0.05, 0) is 49.7 Å². The molecule has 0 spiro atoms. The highest BCUT2D eigenvalue weighted by atomic mass is 16.5. The second kappa shape index (κ2) is 13.5. The number of hydrogen-bond donors (Lipinski definition) is 0. The molecule has 0 saturated heterocycles. The summed E-state index contributed by atoms with van der Waals surface area (Å²) in [6, 6.07) is 20.2. The van der Waals surface area contributed by atoms with E-state index in [1.54, 1.807) is 0 Å². The molecule has 0 aromatic heterocycles. The van der Waals surface area contributed by atoms with E-state index in [0.717, 1.165) is 25.7 Å². The molecular weight excluding hydrogens is 352 g/mol. The molecule has 0 aliphatic carbocycles. The lowest BCUT2D eigenvalue weighted by molar-refractivity contribution is -0.146. The Balaban J connectivity index is 1.40. The molecule has 2 aromatic rings. The van der Waals surface area contributed by atoms with Gasteiger partial charge in [-0.15, -0.1) is 0 Å². The zero-order valence-electron chi connectivity index (χ0n) is 16.5. The van der Waals surface area contributed by atoms with Crippen molar-refractivity contribution in [3.05, 3.63) is 71.8 Å². The smallest absolute Gasteiger partial charge is 0.305 e. The predicted molar refractivity (Wildman–Crippen MR) is 110 cm³/mol. The zero-order chi connectivity index (χ0) is 19.9. The largest absolute Gasteiger partial charge is 0.466 e. The van der Waals surface area contributed by atoms with E-state index < -0.39 is 0 Å². The fourth-order valence-electron chi connectivity index (χ4n) is 2.88. The van der Waals surface area contributed by atoms with Crippen LogP contribution in [0.1, 0.15) is 49.7 Å². The number of ether oxygens (including phenoxy) is 2. The Bertz CT molecular complexity index is 621. The van der Waals surface area contributed by atoms with E-state index >= 15 is 0 Å². The second-order valence-electron chi connectivity index (χ2n) is 6.83. The topological polar surface area (TPSA) is 52.6 Å². The maximum absolute atomic E-state index is 11.7. The maximum atomic E-state index is 11.7. The van der Waals surface area contributed by atoms with Crippen molar-refractivity contribution in [2.75, 3.05) is 13.2 Å². The molecule has 0 N–H and O–H groups in total. The molecule has 0 atom stereocenters. The van der Waals surface area contributed by atoms with Crippen LogP contribution in [0.4, 0.5) is 0 Å². The number of aryl methyl sites for hydroxylation is 2. The van der Waals surface area contributed by atoms with Crippen molar-refractivity contribution in [2.45, 2.75) is 51.4 Å². The minimum Gasteiger partial charge on any atom is -0.466 e. The molecule has 4 nitrogen and oxygen atoms in total. The Morgan fingerprint density at radius 2 is 0.964 bits per heavy atom. The summed E-state index contributed by atoms with van der Waals surface area (Å²) < 4.78 is 10.4. The van der Waals surface area contributed by atoms with Gasteiger partial charge in [0, 0.05) is 12.8 Å². The molecule has 0 bridgehead atoms. The van der Waals surface area contributed by atoms with E-state index in [-0.39, 0.29) is 11.9 Å². The number of carbonyl (C=O) groups is 2. The number of unbranched alkanes of at least 4 members (excludes halogenated alkanes) is 1. The lowest BCUT2D eigenvalue weighted by Crippen LogP contribution is -2.09. The van der Waals surface area contributed by atoms with Crippen LogP contribution in [0, 0.1) is 0 Å². The fraction of sp³-hybridized carbons (Fsp3) is 0.417. The predicted octanol–water partition coefficient (Wildman–Crippen LogP) is 4.90. The van der Waals surface area contributed by atoms with Gasteiger partial charge in [0.05, 0.1) is 13.2 Å². The first-order valence-corrected chi connectivity index (χ1v) is 10.1. The molecule has 2 rings (SSSR count). The van der Waals surface area contributed by atoms with E-state index in [4.69, 9.17) is 9.47 Å². The van der Waals surface area contributed by atoms with Crippen molar-refractivity contribution in [2.24, 2.45) is 0 Å². The third-order valence-electron chi connectivity index (χ3n) is 4.44. The molecule has 0 saturated carbocycles. The molecular formula is C24H30O4. The van der Waals surface area contributed by atoms with Crippen LogP contribution in [0.15, 0.2) is 60.7 Å². The molecule has 150 valence electrons. The lowest BCUT2D eigenvalue weighted by Gasteiger charge is -2.06. The summed E-state index contributed by atoms with van der Waals surface area (Å²) in [6.45, 7) is 0.769. The maximum Gasteiger partial charge on any atom is 0.305 e. The van der Waals surface area contributed by atoms with Crippen molar-refractivity contribution in [3.63, 3.8) is 0 Å². The monoisotopic (exact) mass is 382 g/mol. The Labute approximate surface area is 167 Å². The summed E-state index contributed by atoms with van der Waals surface area (Å²) in [7, 11) is 0. The SMILES string of the molecule is O=C(CCCc1ccccc1)OCCCCOC(=O)CCCc1ccccc1. The standard InChI is InChI=1S/C24H30O4/c25-23(17-9-15-21-11-3-1-4-12-21)27-19-7-8-20-28-24(26)18-10-16-22-13-5-2-6-14-22/h1-6,11-14H,7-10,15-20H2. The summed E-state index contributed by atoms with van der Waals surface area (Å²) in [6.07, 6.45) is 5.65. The second-order valence-corrected chi connectivity index (χ2v) is 6.83. The molecule has 0 aliphatic rings. The third-order valence-corrected chi connectivity index (χ3v) is 4.44. The van der Waals surface area contributed by atoms with Crippen LogP contribution in [0.25, 0.3) is 0 Å². The Morgan fingerprint density at radius 3 is 1.36 bits per heavy atom. The van der Waals surface area contributed by atoms with E-state index in [1.165, 1.54) is 11.1 Å². The normalized spacial score (nSPS) is 10.4. The van der Waals surface area contributed by atoms with Gasteiger partial charge >= 0.3 is 11.9 Å². The Kier molecular flexibility index (Phi) is 10.5. The van der Waals surface area contributed by atoms with Crippen LogP contribution >= 0.6 is 0 Å². The van der Waals surface area contributed by atoms with Gasteiger partial charge in [-0.1, -0.05) is 60.7 Å². The average molecular weight is 383 g/mol. The Hall–Kier alpha value is -2.62. The highest BCUT2D eigenvalue weighted by Gasteiger charge is 2.05. The Morgan fingerprint density at radius 1 is 0.571 bits per heavy atom. The van der Waals surface area contributed by atoms with Crippen LogP contribution in [0.3, 0.4) is 0 Å². The number of rotatable bonds is 13. The van der Waals surface area contributed by atoms with Gasteiger partial charge in [0.15, 0.2) is 0 Å². The first-order chi connectivity index (χ1) is 13.7. The highest BCUT2D eigenvalue weighted by molar-refractivity contribution is 5.69. The van der Waals surface area contributed by atoms with Crippen LogP contribution < -0.4 is 0 Å². The first kappa shape index (κ1) is 21.7. The summed E-state index contributed by atoms with van der Waals surface area (Å²) in [5, 5.41) is 0. The van der Waals surface area contributed by atoms with Gasteiger partial charge in [0.1, 0.15) is 0 Å². The van der Waals surface area contributed by atoms with Gasteiger partial charge < -0.3 is 9.47 Å². The number of benzene rings is 2. The summed E-state index contributed by atoms with van der Waals surface area (Å²) in [5.41, 5.74) is 2.47. The van der Waals surface area contributed by atoms with E-state index in [9.17, 15) is 9.59 Å². The van der Waals surface area contributed by atoms with E-state index in [2.05, 4.69) is 24.3 Å². The molecule has 4 heteroatoms. The molecule has 2 aromatic carbocycles. The van der Waals surface area contributed by atoms with Crippen molar-refractivity contribution in [3.8, 4) is 0 Å². The summed E-state index contributed by atoms with van der Waals surface area (Å²) in [4.78, 5) is 23.4. The summed E-state index contributed by atoms with van der Waals surface area (Å²) >= 11 is 0. The van der Waals surface area contributed by atoms with Crippen molar-refractivity contribution in [1.29, 1.82) is 0 Å². The average Bonchev–Trinajstić information content (AvgIpc) is 2.72. The molecule has 0 aliphatic heterocycles. The van der Waals surface area contributed by atoms with Gasteiger partial charge in [-0.3, -0.25) is 9.59 Å². The van der Waals surface area contributed by atoms with E-state index in [1.807, 2.05) is 36.4 Å². The number of carbonyl (C=O) groups excluding carboxylic acids is 2. The van der Waals surface area contributed by atoms with Crippen molar-refractivity contribution in [1.82, 2.24) is 0 Å². The zero-order valence-corrected chi connectivity index (χ0v) is 16.5. The van der Waals surface area contributed by atoms with Gasteiger partial charge in [-0.2, -0.15) is 0 Å². The van der Waals surface area contributed by atoms with Gasteiger partial charge in [0.25, 0.3) is 0 Å². The van der Waals surface area contributed by atoms with E-state index in [0.29, 0.717) is 38.9 Å². The van der Waals surface area contributed by atoms with Crippen LogP contribution in [0.5, 0.6) is 0 Å². The minimum atomic E-state index is -0.158. The third kappa shape index (κ3) is 9.91. The quantitative estimate of drug-likeness (QED) is 0.365. The molecule has 0 heterocycles. The molecule has 0 radical (unpaired) electrons. The summed E-state index contributed by atoms with van der Waals surface area (Å²) in [5.74, 6) is -0.317. The minimum absolute atomic E-state index is 0.158. The molecule has 28 heavy (non-hydrogen) atoms. The van der Waals surface area contributed by atoms with Crippen LogP contribution in [-0.2, 0) is 31.9 Å².